The van der Waals surface area contributed by atoms with Gasteiger partial charge in [0, 0.05) is 5.69 Å². The molecule has 0 radical (unpaired) electrons. The molecule has 0 bridgehead atoms. The largest absolute Gasteiger partial charge is 0.479 e. The molecular weight excluding hydrogens is 340 g/mol. The fourth-order valence-electron chi connectivity index (χ4n) is 3.35. The quantitative estimate of drug-likeness (QED) is 0.883. The van der Waals surface area contributed by atoms with Crippen molar-refractivity contribution in [1.82, 2.24) is 0 Å². The van der Waals surface area contributed by atoms with Gasteiger partial charge in [-0.3, -0.25) is 14.5 Å². The van der Waals surface area contributed by atoms with E-state index in [9.17, 15) is 9.59 Å². The standard InChI is InChI=1S/C22H26N2O3/c1-13(2)17-8-6-7-15(4)21(17)23-20(25)12-24-18-11-14(3)9-10-19(18)27-16(5)22(24)26/h6-11,13,16H,12H2,1-5H3,(H,23,25). The molecule has 2 amide bonds. The van der Waals surface area contributed by atoms with Crippen LogP contribution in [-0.4, -0.2) is 24.5 Å². The minimum Gasteiger partial charge on any atom is -0.479 e. The molecule has 27 heavy (non-hydrogen) atoms. The second-order valence-corrected chi connectivity index (χ2v) is 7.40. The molecule has 0 aromatic heterocycles. The van der Waals surface area contributed by atoms with Gasteiger partial charge in [0.15, 0.2) is 6.10 Å². The zero-order chi connectivity index (χ0) is 19.7. The molecule has 3 rings (SSSR count). The number of hydrogen-bond acceptors (Lipinski definition) is 3. The molecule has 0 spiro atoms. The number of anilines is 2. The van der Waals surface area contributed by atoms with Crippen LogP contribution in [0.25, 0.3) is 0 Å². The lowest BCUT2D eigenvalue weighted by atomic mass is 9.98. The summed E-state index contributed by atoms with van der Waals surface area (Å²) >= 11 is 0. The van der Waals surface area contributed by atoms with Gasteiger partial charge in [-0.1, -0.05) is 38.1 Å². The second-order valence-electron chi connectivity index (χ2n) is 7.40. The zero-order valence-corrected chi connectivity index (χ0v) is 16.5. The maximum atomic E-state index is 12.8. The molecule has 0 saturated heterocycles. The number of para-hydroxylation sites is 1. The first kappa shape index (κ1) is 19.0. The van der Waals surface area contributed by atoms with E-state index in [4.69, 9.17) is 4.74 Å². The normalized spacial score (nSPS) is 16.1. The Kier molecular flexibility index (Phi) is 5.22. The van der Waals surface area contributed by atoms with E-state index >= 15 is 0 Å². The van der Waals surface area contributed by atoms with Crippen LogP contribution in [0, 0.1) is 13.8 Å². The minimum absolute atomic E-state index is 0.0468. The van der Waals surface area contributed by atoms with E-state index < -0.39 is 6.10 Å². The average Bonchev–Trinajstić information content (AvgIpc) is 2.61. The molecule has 0 aliphatic carbocycles. The number of nitrogens with one attached hydrogen (secondary N) is 1. The number of carbonyl (C=O) groups is 2. The molecular formula is C22H26N2O3. The summed E-state index contributed by atoms with van der Waals surface area (Å²) in [6.45, 7) is 9.77. The van der Waals surface area contributed by atoms with Crippen molar-refractivity contribution in [3.8, 4) is 5.75 Å². The first-order chi connectivity index (χ1) is 12.8. The van der Waals surface area contributed by atoms with E-state index in [0.717, 1.165) is 22.4 Å². The summed E-state index contributed by atoms with van der Waals surface area (Å²) in [6, 6.07) is 11.6. The van der Waals surface area contributed by atoms with Gasteiger partial charge in [-0.05, 0) is 55.5 Å². The Morgan fingerprint density at radius 1 is 1.22 bits per heavy atom. The Balaban J connectivity index is 1.87. The Bertz CT molecular complexity index is 889. The number of amides is 2. The van der Waals surface area contributed by atoms with Crippen LogP contribution in [0.1, 0.15) is 43.4 Å². The number of aryl methyl sites for hydroxylation is 2. The summed E-state index contributed by atoms with van der Waals surface area (Å²) in [7, 11) is 0. The van der Waals surface area contributed by atoms with Gasteiger partial charge in [0.2, 0.25) is 5.91 Å². The minimum atomic E-state index is -0.613. The third-order valence-electron chi connectivity index (χ3n) is 4.82. The van der Waals surface area contributed by atoms with Crippen molar-refractivity contribution in [2.24, 2.45) is 0 Å². The molecule has 1 unspecified atom stereocenters. The molecule has 0 saturated carbocycles. The first-order valence-corrected chi connectivity index (χ1v) is 9.26. The van der Waals surface area contributed by atoms with E-state index in [2.05, 4.69) is 19.2 Å². The SMILES string of the molecule is Cc1ccc2c(c1)N(CC(=O)Nc1c(C)cccc1C(C)C)C(=O)C(C)O2. The Labute approximate surface area is 160 Å². The van der Waals surface area contributed by atoms with Crippen molar-refractivity contribution in [2.45, 2.75) is 46.6 Å². The van der Waals surface area contributed by atoms with Crippen LogP contribution in [0.4, 0.5) is 11.4 Å². The zero-order valence-electron chi connectivity index (χ0n) is 16.5. The van der Waals surface area contributed by atoms with Gasteiger partial charge < -0.3 is 10.1 Å². The predicted molar refractivity (Wildman–Crippen MR) is 108 cm³/mol. The van der Waals surface area contributed by atoms with Crippen LogP contribution >= 0.6 is 0 Å². The summed E-state index contributed by atoms with van der Waals surface area (Å²) in [4.78, 5) is 27.0. The van der Waals surface area contributed by atoms with Crippen LogP contribution in [0.5, 0.6) is 5.75 Å². The van der Waals surface area contributed by atoms with Gasteiger partial charge >= 0.3 is 0 Å². The number of nitrogens with zero attached hydrogens (tertiary/aromatic N) is 1. The van der Waals surface area contributed by atoms with Crippen molar-refractivity contribution in [3.63, 3.8) is 0 Å². The summed E-state index contributed by atoms with van der Waals surface area (Å²) in [5, 5.41) is 3.01. The van der Waals surface area contributed by atoms with Crippen LogP contribution in [0.3, 0.4) is 0 Å². The van der Waals surface area contributed by atoms with Gasteiger partial charge in [0.25, 0.3) is 5.91 Å². The molecule has 1 aliphatic rings. The van der Waals surface area contributed by atoms with Crippen LogP contribution < -0.4 is 15.0 Å². The first-order valence-electron chi connectivity index (χ1n) is 9.26. The molecule has 5 nitrogen and oxygen atoms in total. The fraction of sp³-hybridized carbons (Fsp3) is 0.364. The average molecular weight is 366 g/mol. The number of ether oxygens (including phenoxy) is 1. The topological polar surface area (TPSA) is 58.6 Å². The van der Waals surface area contributed by atoms with Gasteiger partial charge in [-0.25, -0.2) is 0 Å². The summed E-state index contributed by atoms with van der Waals surface area (Å²) in [5.74, 6) is 0.478. The number of benzene rings is 2. The van der Waals surface area contributed by atoms with Crippen LogP contribution in [0.2, 0.25) is 0 Å². The second kappa shape index (κ2) is 7.43. The molecule has 2 aromatic rings. The molecule has 2 aromatic carbocycles. The molecule has 1 aliphatic heterocycles. The van der Waals surface area contributed by atoms with E-state index in [-0.39, 0.29) is 24.3 Å². The Morgan fingerprint density at radius 2 is 1.96 bits per heavy atom. The predicted octanol–water partition coefficient (Wildman–Crippen LogP) is 4.18. The highest BCUT2D eigenvalue weighted by Gasteiger charge is 2.33. The Hall–Kier alpha value is -2.82. The smallest absolute Gasteiger partial charge is 0.268 e. The Morgan fingerprint density at radius 3 is 2.67 bits per heavy atom. The molecule has 1 atom stereocenters. The molecule has 0 fully saturated rings. The van der Waals surface area contributed by atoms with Crippen molar-refractivity contribution in [2.75, 3.05) is 16.8 Å². The summed E-state index contributed by atoms with van der Waals surface area (Å²) in [6.07, 6.45) is -0.613. The lowest BCUT2D eigenvalue weighted by molar-refractivity contribution is -0.127. The molecule has 5 heteroatoms. The van der Waals surface area contributed by atoms with E-state index in [0.29, 0.717) is 11.4 Å². The van der Waals surface area contributed by atoms with Gasteiger partial charge in [-0.15, -0.1) is 0 Å². The highest BCUT2D eigenvalue weighted by atomic mass is 16.5. The fourth-order valence-corrected chi connectivity index (χ4v) is 3.35. The van der Waals surface area contributed by atoms with E-state index in [1.54, 1.807) is 6.92 Å². The van der Waals surface area contributed by atoms with Crippen LogP contribution in [0.15, 0.2) is 36.4 Å². The third kappa shape index (κ3) is 3.82. The highest BCUT2D eigenvalue weighted by molar-refractivity contribution is 6.06. The summed E-state index contributed by atoms with van der Waals surface area (Å²) < 4.78 is 5.68. The van der Waals surface area contributed by atoms with Gasteiger partial charge in [0.1, 0.15) is 12.3 Å². The third-order valence-corrected chi connectivity index (χ3v) is 4.82. The van der Waals surface area contributed by atoms with Crippen molar-refractivity contribution in [1.29, 1.82) is 0 Å². The lowest BCUT2D eigenvalue weighted by Gasteiger charge is -2.33. The maximum Gasteiger partial charge on any atom is 0.268 e. The van der Waals surface area contributed by atoms with E-state index in [1.807, 2.05) is 50.2 Å². The number of carbonyl (C=O) groups excluding carboxylic acids is 2. The lowest BCUT2D eigenvalue weighted by Crippen LogP contribution is -2.47. The maximum absolute atomic E-state index is 12.8. The van der Waals surface area contributed by atoms with Crippen LogP contribution in [-0.2, 0) is 9.59 Å². The highest BCUT2D eigenvalue weighted by Crippen LogP contribution is 2.35. The molecule has 1 heterocycles. The van der Waals surface area contributed by atoms with Gasteiger partial charge in [-0.2, -0.15) is 0 Å². The summed E-state index contributed by atoms with van der Waals surface area (Å²) in [5.41, 5.74) is 4.57. The molecule has 1 N–H and O–H groups in total. The van der Waals surface area contributed by atoms with Crippen molar-refractivity contribution >= 4 is 23.2 Å². The number of fused-ring (bicyclic) bond motifs is 1. The van der Waals surface area contributed by atoms with E-state index in [1.165, 1.54) is 4.90 Å². The van der Waals surface area contributed by atoms with Crippen molar-refractivity contribution < 1.29 is 14.3 Å². The number of hydrogen-bond donors (Lipinski definition) is 1. The molecule has 142 valence electrons. The number of rotatable bonds is 4. The monoisotopic (exact) mass is 366 g/mol. The van der Waals surface area contributed by atoms with Gasteiger partial charge in [0.05, 0.1) is 5.69 Å². The van der Waals surface area contributed by atoms with Crippen molar-refractivity contribution in [3.05, 3.63) is 53.1 Å².